The summed E-state index contributed by atoms with van der Waals surface area (Å²) in [6, 6.07) is 8.36. The molecule has 0 fully saturated rings. The maximum absolute atomic E-state index is 9.87. The molecule has 0 atom stereocenters. The third-order valence-electron chi connectivity index (χ3n) is 2.13. The number of benzene rings is 1. The van der Waals surface area contributed by atoms with Crippen LogP contribution in [0.4, 0.5) is 0 Å². The number of aryl methyl sites for hydroxylation is 2. The standard InChI is InChI=1S/C8H10.C4H6N2O2/c1-7-5-3-4-6-8(7)2;1-2-3(6-5)4(7)8/h3-6H,1-2H3;2H2,1H3,(H,7,8). The molecule has 0 bridgehead atoms. The van der Waals surface area contributed by atoms with Gasteiger partial charge in [-0.25, -0.2) is 4.79 Å². The van der Waals surface area contributed by atoms with Crippen molar-refractivity contribution < 1.29 is 14.7 Å². The zero-order valence-electron chi connectivity index (χ0n) is 9.77. The van der Waals surface area contributed by atoms with Crippen LogP contribution in [0.3, 0.4) is 0 Å². The number of carboxylic acids is 1. The van der Waals surface area contributed by atoms with Gasteiger partial charge in [0.05, 0.1) is 6.42 Å². The van der Waals surface area contributed by atoms with Crippen molar-refractivity contribution in [1.82, 2.24) is 0 Å². The molecule has 1 aromatic carbocycles. The number of carbonyl (C=O) groups is 1. The molecular formula is C12H16N2O2. The average molecular weight is 220 g/mol. The second kappa shape index (κ2) is 7.37. The van der Waals surface area contributed by atoms with Crippen LogP contribution in [-0.4, -0.2) is 21.6 Å². The number of nitrogens with zero attached hydrogens (tertiary/aromatic N) is 2. The smallest absolute Gasteiger partial charge is 0.414 e. The van der Waals surface area contributed by atoms with E-state index in [0.717, 1.165) is 0 Å². The van der Waals surface area contributed by atoms with Crippen LogP contribution in [0.5, 0.6) is 0 Å². The topological polar surface area (TPSA) is 73.7 Å². The van der Waals surface area contributed by atoms with Gasteiger partial charge in [-0.05, 0) is 25.0 Å². The van der Waals surface area contributed by atoms with Crippen molar-refractivity contribution in [3.63, 3.8) is 0 Å². The lowest BCUT2D eigenvalue weighted by molar-refractivity contribution is -0.134. The van der Waals surface area contributed by atoms with Gasteiger partial charge in [-0.3, -0.25) is 0 Å². The van der Waals surface area contributed by atoms with Crippen molar-refractivity contribution in [2.75, 3.05) is 0 Å². The first kappa shape index (κ1) is 14.1. The summed E-state index contributed by atoms with van der Waals surface area (Å²) in [7, 11) is 0. The Morgan fingerprint density at radius 1 is 1.31 bits per heavy atom. The van der Waals surface area contributed by atoms with E-state index in [-0.39, 0.29) is 12.1 Å². The fourth-order valence-corrected chi connectivity index (χ4v) is 0.927. The molecule has 16 heavy (non-hydrogen) atoms. The highest BCUT2D eigenvalue weighted by Crippen LogP contribution is 2.02. The van der Waals surface area contributed by atoms with E-state index in [1.807, 2.05) is 0 Å². The fraction of sp³-hybridized carbons (Fsp3) is 0.333. The lowest BCUT2D eigenvalue weighted by Crippen LogP contribution is -2.11. The molecule has 4 heteroatoms. The van der Waals surface area contributed by atoms with E-state index < -0.39 is 5.97 Å². The van der Waals surface area contributed by atoms with Crippen molar-refractivity contribution in [3.05, 3.63) is 40.9 Å². The van der Waals surface area contributed by atoms with Crippen LogP contribution in [0.1, 0.15) is 24.5 Å². The Bertz CT molecular complexity index is 386. The summed E-state index contributed by atoms with van der Waals surface area (Å²) in [5, 5.41) is 8.08. The zero-order valence-corrected chi connectivity index (χ0v) is 9.77. The largest absolute Gasteiger partial charge is 0.473 e. The molecule has 0 amide bonds. The van der Waals surface area contributed by atoms with Gasteiger partial charge in [0.15, 0.2) is 0 Å². The Kier molecular flexibility index (Phi) is 6.48. The number of aliphatic carboxylic acids is 1. The number of rotatable bonds is 2. The summed E-state index contributed by atoms with van der Waals surface area (Å²) in [5.74, 6) is -1.17. The first-order chi connectivity index (χ1) is 7.52. The average Bonchev–Trinajstić information content (AvgIpc) is 2.25. The molecule has 86 valence electrons. The van der Waals surface area contributed by atoms with Crippen LogP contribution in [-0.2, 0) is 4.79 Å². The maximum Gasteiger partial charge on any atom is 0.414 e. The summed E-state index contributed by atoms with van der Waals surface area (Å²) in [6.07, 6.45) is 0.242. The molecule has 0 aliphatic heterocycles. The van der Waals surface area contributed by atoms with Crippen molar-refractivity contribution in [1.29, 1.82) is 0 Å². The quantitative estimate of drug-likeness (QED) is 0.472. The zero-order chi connectivity index (χ0) is 12.6. The van der Waals surface area contributed by atoms with E-state index >= 15 is 0 Å². The fourth-order valence-electron chi connectivity index (χ4n) is 0.927. The minimum absolute atomic E-state index is 0.218. The van der Waals surface area contributed by atoms with E-state index in [1.54, 1.807) is 6.92 Å². The first-order valence-corrected chi connectivity index (χ1v) is 4.99. The Balaban J connectivity index is 0.000000281. The van der Waals surface area contributed by atoms with Gasteiger partial charge in [-0.2, -0.15) is 4.79 Å². The minimum atomic E-state index is -1.17. The highest BCUT2D eigenvalue weighted by atomic mass is 16.4. The molecule has 4 nitrogen and oxygen atoms in total. The van der Waals surface area contributed by atoms with E-state index in [0.29, 0.717) is 0 Å². The molecule has 0 heterocycles. The van der Waals surface area contributed by atoms with Gasteiger partial charge in [0, 0.05) is 0 Å². The van der Waals surface area contributed by atoms with Crippen molar-refractivity contribution in [2.24, 2.45) is 0 Å². The molecule has 0 saturated carbocycles. The van der Waals surface area contributed by atoms with Gasteiger partial charge in [0.25, 0.3) is 0 Å². The van der Waals surface area contributed by atoms with Crippen LogP contribution in [0.25, 0.3) is 5.53 Å². The molecule has 0 radical (unpaired) electrons. The van der Waals surface area contributed by atoms with Gasteiger partial charge in [0.1, 0.15) is 0 Å². The lowest BCUT2D eigenvalue weighted by atomic mass is 10.1. The van der Waals surface area contributed by atoms with Gasteiger partial charge in [-0.1, -0.05) is 31.2 Å². The van der Waals surface area contributed by atoms with Crippen LogP contribution in [0.2, 0.25) is 0 Å². The Morgan fingerprint density at radius 3 is 1.88 bits per heavy atom. The van der Waals surface area contributed by atoms with Crippen LogP contribution in [0, 0.1) is 13.8 Å². The van der Waals surface area contributed by atoms with Gasteiger partial charge < -0.3 is 10.6 Å². The van der Waals surface area contributed by atoms with Gasteiger partial charge >= 0.3 is 11.7 Å². The molecule has 0 saturated heterocycles. The second-order valence-electron chi connectivity index (χ2n) is 3.29. The second-order valence-corrected chi connectivity index (χ2v) is 3.29. The molecule has 1 aromatic rings. The Labute approximate surface area is 95.2 Å². The summed E-state index contributed by atoms with van der Waals surface area (Å²) >= 11 is 0. The van der Waals surface area contributed by atoms with Crippen molar-refractivity contribution in [3.8, 4) is 0 Å². The molecule has 0 aromatic heterocycles. The molecular weight excluding hydrogens is 204 g/mol. The number of hydrogen-bond donors (Lipinski definition) is 1. The number of hydrogen-bond acceptors (Lipinski definition) is 1. The third kappa shape index (κ3) is 5.08. The van der Waals surface area contributed by atoms with Crippen LogP contribution < -0.4 is 0 Å². The van der Waals surface area contributed by atoms with E-state index in [1.165, 1.54) is 11.1 Å². The van der Waals surface area contributed by atoms with Crippen LogP contribution in [0.15, 0.2) is 24.3 Å². The Hall–Kier alpha value is -1.93. The monoisotopic (exact) mass is 220 g/mol. The molecule has 0 spiro atoms. The van der Waals surface area contributed by atoms with E-state index in [4.69, 9.17) is 10.6 Å². The Morgan fingerprint density at radius 2 is 1.75 bits per heavy atom. The highest BCUT2D eigenvalue weighted by Gasteiger charge is 2.13. The summed E-state index contributed by atoms with van der Waals surface area (Å²) < 4.78 is 0. The molecule has 0 aliphatic rings. The van der Waals surface area contributed by atoms with Crippen LogP contribution >= 0.6 is 0 Å². The molecule has 0 aliphatic carbocycles. The summed E-state index contributed by atoms with van der Waals surface area (Å²) in [5.41, 5.74) is 10.4. The van der Waals surface area contributed by atoms with Crippen molar-refractivity contribution >= 4 is 11.7 Å². The predicted octanol–water partition coefficient (Wildman–Crippen LogP) is 2.46. The van der Waals surface area contributed by atoms with E-state index in [9.17, 15) is 4.79 Å². The minimum Gasteiger partial charge on any atom is -0.473 e. The predicted molar refractivity (Wildman–Crippen MR) is 62.5 cm³/mol. The number of carboxylic acid groups (broad SMARTS) is 1. The lowest BCUT2D eigenvalue weighted by Gasteiger charge is -1.93. The molecule has 0 unspecified atom stereocenters. The first-order valence-electron chi connectivity index (χ1n) is 4.99. The highest BCUT2D eigenvalue weighted by molar-refractivity contribution is 6.32. The van der Waals surface area contributed by atoms with Gasteiger partial charge in [0.2, 0.25) is 0 Å². The van der Waals surface area contributed by atoms with E-state index in [2.05, 4.69) is 42.9 Å². The SMILES string of the molecule is CCC(=[N+]=[N-])C(=O)O.Cc1ccccc1C. The maximum atomic E-state index is 9.87. The summed E-state index contributed by atoms with van der Waals surface area (Å²) in [6.45, 7) is 5.84. The molecule has 1 rings (SSSR count). The normalized spacial score (nSPS) is 8.44. The third-order valence-corrected chi connectivity index (χ3v) is 2.13. The van der Waals surface area contributed by atoms with Crippen molar-refractivity contribution in [2.45, 2.75) is 27.2 Å². The summed E-state index contributed by atoms with van der Waals surface area (Å²) in [4.78, 5) is 12.4. The van der Waals surface area contributed by atoms with Gasteiger partial charge in [-0.15, -0.1) is 0 Å². The molecule has 1 N–H and O–H groups in total.